The minimum absolute atomic E-state index is 0.0579. The second-order valence-electron chi connectivity index (χ2n) is 6.11. The van der Waals surface area contributed by atoms with Crippen molar-refractivity contribution in [1.82, 2.24) is 9.97 Å². The van der Waals surface area contributed by atoms with Crippen LogP contribution in [-0.2, 0) is 0 Å². The molecular formula is C19H15ClF3N3O3. The number of halogens is 4. The van der Waals surface area contributed by atoms with E-state index in [1.165, 1.54) is 6.07 Å². The van der Waals surface area contributed by atoms with Gasteiger partial charge in [0.2, 0.25) is 11.8 Å². The maximum atomic E-state index is 12.4. The molecule has 0 spiro atoms. The second kappa shape index (κ2) is 8.12. The lowest BCUT2D eigenvalue weighted by Crippen LogP contribution is -2.20. The molecule has 3 rings (SSSR count). The third-order valence-electron chi connectivity index (χ3n) is 3.84. The Balaban J connectivity index is 1.73. The fourth-order valence-electron chi connectivity index (χ4n) is 2.34. The van der Waals surface area contributed by atoms with Crippen molar-refractivity contribution in [1.29, 1.82) is 0 Å². The van der Waals surface area contributed by atoms with Crippen molar-refractivity contribution in [3.8, 4) is 17.3 Å². The van der Waals surface area contributed by atoms with Crippen LogP contribution in [0.15, 0.2) is 40.9 Å². The molecule has 10 heteroatoms. The number of aromatic nitrogens is 2. The van der Waals surface area contributed by atoms with E-state index in [-0.39, 0.29) is 10.6 Å². The van der Waals surface area contributed by atoms with Gasteiger partial charge in [-0.15, -0.1) is 0 Å². The van der Waals surface area contributed by atoms with Crippen LogP contribution >= 0.6 is 11.6 Å². The van der Waals surface area contributed by atoms with E-state index in [4.69, 9.17) is 16.0 Å². The van der Waals surface area contributed by atoms with E-state index in [0.717, 1.165) is 11.9 Å². The van der Waals surface area contributed by atoms with Gasteiger partial charge in [0.25, 0.3) is 5.91 Å². The van der Waals surface area contributed by atoms with Crippen molar-refractivity contribution in [2.75, 3.05) is 11.9 Å². The predicted octanol–water partition coefficient (Wildman–Crippen LogP) is 5.20. The van der Waals surface area contributed by atoms with Crippen LogP contribution in [0.2, 0.25) is 5.02 Å². The summed E-state index contributed by atoms with van der Waals surface area (Å²) >= 11 is 5.87. The number of alkyl halides is 3. The van der Waals surface area contributed by atoms with Gasteiger partial charge in [-0.1, -0.05) is 17.7 Å². The molecule has 3 aromatic rings. The van der Waals surface area contributed by atoms with E-state index in [2.05, 4.69) is 20.0 Å². The first-order chi connectivity index (χ1) is 13.6. The Bertz CT molecular complexity index is 1030. The molecule has 0 aliphatic heterocycles. The summed E-state index contributed by atoms with van der Waals surface area (Å²) in [6.45, 7) is 2.10. The summed E-state index contributed by atoms with van der Waals surface area (Å²) in [5.41, 5.74) is 1.96. The number of pyridine rings is 1. The Hall–Kier alpha value is -3.07. The van der Waals surface area contributed by atoms with Gasteiger partial charge in [0.15, 0.2) is 6.61 Å². The van der Waals surface area contributed by atoms with Crippen LogP contribution in [-0.4, -0.2) is 28.7 Å². The van der Waals surface area contributed by atoms with Crippen LogP contribution in [0.1, 0.15) is 21.8 Å². The summed E-state index contributed by atoms with van der Waals surface area (Å²) in [4.78, 5) is 20.4. The molecule has 2 heterocycles. The SMILES string of the molecule is Cc1nc(-c2cccc(NC(=O)c3cnc(OCC(F)(F)F)c(Cl)c3)c2)oc1C. The highest BCUT2D eigenvalue weighted by atomic mass is 35.5. The highest BCUT2D eigenvalue weighted by Crippen LogP contribution is 2.27. The molecular weight excluding hydrogens is 411 g/mol. The number of benzene rings is 1. The van der Waals surface area contributed by atoms with Crippen molar-refractivity contribution in [2.45, 2.75) is 20.0 Å². The molecule has 1 aromatic carbocycles. The van der Waals surface area contributed by atoms with E-state index in [1.807, 2.05) is 6.92 Å². The van der Waals surface area contributed by atoms with Gasteiger partial charge in [-0.25, -0.2) is 9.97 Å². The highest BCUT2D eigenvalue weighted by molar-refractivity contribution is 6.32. The monoisotopic (exact) mass is 425 g/mol. The number of ether oxygens (including phenoxy) is 1. The van der Waals surface area contributed by atoms with Gasteiger partial charge >= 0.3 is 6.18 Å². The molecule has 0 fully saturated rings. The highest BCUT2D eigenvalue weighted by Gasteiger charge is 2.29. The van der Waals surface area contributed by atoms with E-state index in [9.17, 15) is 18.0 Å². The molecule has 0 unspecified atom stereocenters. The van der Waals surface area contributed by atoms with Crippen LogP contribution in [0.4, 0.5) is 18.9 Å². The number of carbonyl (C=O) groups is 1. The molecule has 0 atom stereocenters. The molecule has 0 saturated heterocycles. The average molecular weight is 426 g/mol. The van der Waals surface area contributed by atoms with Gasteiger partial charge in [-0.2, -0.15) is 13.2 Å². The molecule has 1 amide bonds. The molecule has 1 N–H and O–H groups in total. The maximum Gasteiger partial charge on any atom is 0.422 e. The molecule has 0 bridgehead atoms. The normalized spacial score (nSPS) is 11.4. The van der Waals surface area contributed by atoms with Crippen molar-refractivity contribution >= 4 is 23.2 Å². The molecule has 152 valence electrons. The summed E-state index contributed by atoms with van der Waals surface area (Å²) in [5, 5.41) is 2.46. The molecule has 6 nitrogen and oxygen atoms in total. The fraction of sp³-hybridized carbons (Fsp3) is 0.211. The first-order valence-electron chi connectivity index (χ1n) is 8.33. The predicted molar refractivity (Wildman–Crippen MR) is 100 cm³/mol. The Kier molecular flexibility index (Phi) is 5.78. The molecule has 0 aliphatic carbocycles. The van der Waals surface area contributed by atoms with Crippen LogP contribution in [0.25, 0.3) is 11.5 Å². The largest absolute Gasteiger partial charge is 0.467 e. The molecule has 2 aromatic heterocycles. The quantitative estimate of drug-likeness (QED) is 0.608. The van der Waals surface area contributed by atoms with Crippen LogP contribution < -0.4 is 10.1 Å². The van der Waals surface area contributed by atoms with E-state index < -0.39 is 24.6 Å². The molecule has 0 radical (unpaired) electrons. The minimum atomic E-state index is -4.52. The smallest absolute Gasteiger partial charge is 0.422 e. The zero-order valence-corrected chi connectivity index (χ0v) is 16.1. The van der Waals surface area contributed by atoms with Crippen LogP contribution in [0.5, 0.6) is 5.88 Å². The summed E-state index contributed by atoms with van der Waals surface area (Å²) in [5.74, 6) is 0.172. The van der Waals surface area contributed by atoms with Crippen LogP contribution in [0, 0.1) is 13.8 Å². The summed E-state index contributed by atoms with van der Waals surface area (Å²) < 4.78 is 46.8. The van der Waals surface area contributed by atoms with E-state index in [0.29, 0.717) is 22.9 Å². The van der Waals surface area contributed by atoms with Gasteiger partial charge in [-0.05, 0) is 38.1 Å². The number of hydrogen-bond acceptors (Lipinski definition) is 5. The lowest BCUT2D eigenvalue weighted by molar-refractivity contribution is -0.154. The first kappa shape index (κ1) is 20.7. The lowest BCUT2D eigenvalue weighted by atomic mass is 10.2. The number of carbonyl (C=O) groups excluding carboxylic acids is 1. The molecule has 0 aliphatic rings. The van der Waals surface area contributed by atoms with Crippen LogP contribution in [0.3, 0.4) is 0 Å². The minimum Gasteiger partial charge on any atom is -0.467 e. The van der Waals surface area contributed by atoms with Crippen molar-refractivity contribution in [3.05, 3.63) is 58.6 Å². The number of hydrogen-bond donors (Lipinski definition) is 1. The number of anilines is 1. The average Bonchev–Trinajstić information content (AvgIpc) is 2.99. The number of nitrogens with one attached hydrogen (secondary N) is 1. The topological polar surface area (TPSA) is 77.2 Å². The van der Waals surface area contributed by atoms with E-state index >= 15 is 0 Å². The van der Waals surface area contributed by atoms with Gasteiger partial charge < -0.3 is 14.5 Å². The second-order valence-corrected chi connectivity index (χ2v) is 6.52. The third-order valence-corrected chi connectivity index (χ3v) is 4.11. The fourth-order valence-corrected chi connectivity index (χ4v) is 2.56. The Morgan fingerprint density at radius 2 is 2.03 bits per heavy atom. The van der Waals surface area contributed by atoms with Crippen molar-refractivity contribution < 1.29 is 27.1 Å². The zero-order valence-electron chi connectivity index (χ0n) is 15.3. The number of aryl methyl sites for hydroxylation is 2. The van der Waals surface area contributed by atoms with Gasteiger partial charge in [0.05, 0.1) is 11.3 Å². The Labute approximate surface area is 168 Å². The maximum absolute atomic E-state index is 12.4. The summed E-state index contributed by atoms with van der Waals surface area (Å²) in [7, 11) is 0. The van der Waals surface area contributed by atoms with Gasteiger partial charge in [0.1, 0.15) is 10.8 Å². The number of rotatable bonds is 5. The standard InChI is InChI=1S/C19H15ClF3N3O3/c1-10-11(2)29-17(25-10)12-4-3-5-14(6-12)26-16(27)13-7-15(20)18(24-8-13)28-9-19(21,22)23/h3-8H,9H2,1-2H3,(H,26,27). The van der Waals surface area contributed by atoms with Gasteiger partial charge in [-0.3, -0.25) is 4.79 Å². The lowest BCUT2D eigenvalue weighted by Gasteiger charge is -2.11. The summed E-state index contributed by atoms with van der Waals surface area (Å²) in [6, 6.07) is 8.03. The molecule has 0 saturated carbocycles. The number of nitrogens with zero attached hydrogens (tertiary/aromatic N) is 2. The van der Waals surface area contributed by atoms with Crippen molar-refractivity contribution in [2.24, 2.45) is 0 Å². The van der Waals surface area contributed by atoms with Gasteiger partial charge in [0, 0.05) is 17.4 Å². The zero-order chi connectivity index (χ0) is 21.2. The molecule has 29 heavy (non-hydrogen) atoms. The van der Waals surface area contributed by atoms with Crippen molar-refractivity contribution in [3.63, 3.8) is 0 Å². The third kappa shape index (κ3) is 5.26. The Morgan fingerprint density at radius 3 is 2.66 bits per heavy atom. The number of oxazole rings is 1. The number of amides is 1. The Morgan fingerprint density at radius 1 is 1.28 bits per heavy atom. The first-order valence-corrected chi connectivity index (χ1v) is 8.71. The van der Waals surface area contributed by atoms with E-state index in [1.54, 1.807) is 31.2 Å². The summed E-state index contributed by atoms with van der Waals surface area (Å²) in [6.07, 6.45) is -3.44.